The summed E-state index contributed by atoms with van der Waals surface area (Å²) in [7, 11) is 1.42. The van der Waals surface area contributed by atoms with Crippen LogP contribution in [0.2, 0.25) is 0 Å². The summed E-state index contributed by atoms with van der Waals surface area (Å²) in [5, 5.41) is 13.5. The lowest BCUT2D eigenvalue weighted by Gasteiger charge is -2.14. The zero-order valence-electron chi connectivity index (χ0n) is 11.3. The van der Waals surface area contributed by atoms with Crippen molar-refractivity contribution in [2.45, 2.75) is 25.8 Å². The summed E-state index contributed by atoms with van der Waals surface area (Å²) < 4.78 is 18.4. The summed E-state index contributed by atoms with van der Waals surface area (Å²) >= 11 is 0. The Labute approximate surface area is 115 Å². The van der Waals surface area contributed by atoms with E-state index in [1.807, 2.05) is 0 Å². The number of nitrogens with one attached hydrogen (secondary N) is 2. The first kappa shape index (κ1) is 15.7. The zero-order chi connectivity index (χ0) is 15.1. The Morgan fingerprint density at radius 1 is 1.45 bits per heavy atom. The van der Waals surface area contributed by atoms with E-state index < -0.39 is 23.9 Å². The summed E-state index contributed by atoms with van der Waals surface area (Å²) in [6.07, 6.45) is 0.897. The summed E-state index contributed by atoms with van der Waals surface area (Å²) in [6, 6.07) is 2.08. The first-order chi connectivity index (χ1) is 9.47. The minimum atomic E-state index is -1.13. The Bertz CT molecular complexity index is 493. The molecule has 0 fully saturated rings. The molecule has 2 amide bonds. The van der Waals surface area contributed by atoms with Gasteiger partial charge in [0, 0.05) is 6.07 Å². The first-order valence-electron chi connectivity index (χ1n) is 6.11. The number of anilines is 1. The lowest BCUT2D eigenvalue weighted by Crippen LogP contribution is -2.43. The van der Waals surface area contributed by atoms with Crippen LogP contribution >= 0.6 is 0 Å². The van der Waals surface area contributed by atoms with Gasteiger partial charge in [0.25, 0.3) is 0 Å². The number of hydrogen-bond donors (Lipinski definition) is 3. The Hall–Kier alpha value is -2.31. The van der Waals surface area contributed by atoms with Gasteiger partial charge in [-0.3, -0.25) is 0 Å². The van der Waals surface area contributed by atoms with E-state index in [-0.39, 0.29) is 5.69 Å². The second-order valence-electron chi connectivity index (χ2n) is 4.12. The predicted octanol–water partition coefficient (Wildman–Crippen LogP) is 2.21. The van der Waals surface area contributed by atoms with Gasteiger partial charge in [-0.25, -0.2) is 14.0 Å². The van der Waals surface area contributed by atoms with Gasteiger partial charge < -0.3 is 20.5 Å². The molecule has 1 atom stereocenters. The maximum Gasteiger partial charge on any atom is 0.326 e. The van der Waals surface area contributed by atoms with Crippen LogP contribution in [0.3, 0.4) is 0 Å². The Morgan fingerprint density at radius 2 is 2.15 bits per heavy atom. The van der Waals surface area contributed by atoms with Crippen LogP contribution in [0.5, 0.6) is 5.75 Å². The number of aliphatic carboxylic acids is 1. The monoisotopic (exact) mass is 284 g/mol. The molecule has 0 heterocycles. The van der Waals surface area contributed by atoms with Crippen molar-refractivity contribution in [2.24, 2.45) is 0 Å². The van der Waals surface area contributed by atoms with Crippen molar-refractivity contribution in [3.8, 4) is 5.75 Å². The van der Waals surface area contributed by atoms with Gasteiger partial charge in [-0.1, -0.05) is 13.3 Å². The molecule has 0 unspecified atom stereocenters. The van der Waals surface area contributed by atoms with Gasteiger partial charge in [-0.15, -0.1) is 0 Å². The van der Waals surface area contributed by atoms with Crippen molar-refractivity contribution in [3.63, 3.8) is 0 Å². The molecule has 7 heteroatoms. The second-order valence-corrected chi connectivity index (χ2v) is 4.12. The minimum absolute atomic E-state index is 0.0810. The number of halogens is 1. The number of ether oxygens (including phenoxy) is 1. The molecule has 0 bridgehead atoms. The minimum Gasteiger partial charge on any atom is -0.497 e. The molecule has 0 aromatic heterocycles. The molecule has 0 spiro atoms. The molecule has 0 aliphatic rings. The highest BCUT2D eigenvalue weighted by Gasteiger charge is 2.19. The van der Waals surface area contributed by atoms with Crippen molar-refractivity contribution in [3.05, 3.63) is 24.0 Å². The second kappa shape index (κ2) is 7.32. The normalized spacial score (nSPS) is 11.6. The number of carbonyl (C=O) groups excluding carboxylic acids is 1. The highest BCUT2D eigenvalue weighted by atomic mass is 19.1. The smallest absolute Gasteiger partial charge is 0.326 e. The molecule has 0 aliphatic carbocycles. The van der Waals surface area contributed by atoms with Gasteiger partial charge in [0.15, 0.2) is 0 Å². The van der Waals surface area contributed by atoms with E-state index >= 15 is 0 Å². The van der Waals surface area contributed by atoms with Crippen molar-refractivity contribution in [1.29, 1.82) is 0 Å². The molecule has 110 valence electrons. The van der Waals surface area contributed by atoms with E-state index in [0.29, 0.717) is 18.6 Å². The van der Waals surface area contributed by atoms with Crippen molar-refractivity contribution in [2.75, 3.05) is 12.4 Å². The maximum absolute atomic E-state index is 13.5. The average molecular weight is 284 g/mol. The summed E-state index contributed by atoms with van der Waals surface area (Å²) in [5.41, 5.74) is -0.0810. The van der Waals surface area contributed by atoms with Crippen molar-refractivity contribution < 1.29 is 23.8 Å². The Balaban J connectivity index is 2.72. The molecule has 0 aliphatic heterocycles. The first-order valence-corrected chi connectivity index (χ1v) is 6.11. The number of carboxylic acid groups (broad SMARTS) is 1. The van der Waals surface area contributed by atoms with Gasteiger partial charge in [-0.05, 0) is 18.6 Å². The van der Waals surface area contributed by atoms with E-state index in [1.165, 1.54) is 19.2 Å². The number of carbonyl (C=O) groups is 2. The molecule has 20 heavy (non-hydrogen) atoms. The van der Waals surface area contributed by atoms with Crippen molar-refractivity contribution >= 4 is 17.7 Å². The van der Waals surface area contributed by atoms with Gasteiger partial charge in [0.1, 0.15) is 17.6 Å². The van der Waals surface area contributed by atoms with Crippen LogP contribution in [-0.2, 0) is 4.79 Å². The lowest BCUT2D eigenvalue weighted by atomic mass is 10.2. The SMILES string of the molecule is CCC[C@H](NC(=O)Nc1cc(OC)ccc1F)C(=O)O. The number of methoxy groups -OCH3 is 1. The molecule has 1 aromatic carbocycles. The van der Waals surface area contributed by atoms with Gasteiger partial charge in [0.2, 0.25) is 0 Å². The van der Waals surface area contributed by atoms with Crippen LogP contribution in [0.1, 0.15) is 19.8 Å². The molecule has 6 nitrogen and oxygen atoms in total. The van der Waals surface area contributed by atoms with E-state index in [4.69, 9.17) is 9.84 Å². The quantitative estimate of drug-likeness (QED) is 0.747. The Morgan fingerprint density at radius 3 is 2.70 bits per heavy atom. The van der Waals surface area contributed by atoms with Crippen LogP contribution in [0.4, 0.5) is 14.9 Å². The fourth-order valence-corrected chi connectivity index (χ4v) is 1.59. The number of amides is 2. The summed E-state index contributed by atoms with van der Waals surface area (Å²) in [6.45, 7) is 1.80. The summed E-state index contributed by atoms with van der Waals surface area (Å²) in [5.74, 6) is -1.39. The molecular formula is C13H17FN2O4. The molecular weight excluding hydrogens is 267 g/mol. The largest absolute Gasteiger partial charge is 0.497 e. The molecule has 0 radical (unpaired) electrons. The topological polar surface area (TPSA) is 87.7 Å². The van der Waals surface area contributed by atoms with E-state index in [0.717, 1.165) is 6.07 Å². The van der Waals surface area contributed by atoms with Crippen molar-refractivity contribution in [1.82, 2.24) is 5.32 Å². The third-order valence-electron chi connectivity index (χ3n) is 2.60. The lowest BCUT2D eigenvalue weighted by molar-refractivity contribution is -0.139. The average Bonchev–Trinajstić information content (AvgIpc) is 2.40. The van der Waals surface area contributed by atoms with Crippen LogP contribution in [0, 0.1) is 5.82 Å². The van der Waals surface area contributed by atoms with Gasteiger partial charge >= 0.3 is 12.0 Å². The molecule has 3 N–H and O–H groups in total. The maximum atomic E-state index is 13.5. The molecule has 0 saturated heterocycles. The molecule has 0 saturated carbocycles. The number of urea groups is 1. The standard InChI is InChI=1S/C13H17FN2O4/c1-3-4-10(12(17)18)15-13(19)16-11-7-8(20-2)5-6-9(11)14/h5-7,10H,3-4H2,1-2H3,(H,17,18)(H2,15,16,19)/t10-/m0/s1. The highest BCUT2D eigenvalue weighted by molar-refractivity contribution is 5.92. The molecule has 1 aromatic rings. The van der Waals surface area contributed by atoms with Gasteiger partial charge in [0.05, 0.1) is 12.8 Å². The van der Waals surface area contributed by atoms with Crippen LogP contribution < -0.4 is 15.4 Å². The third kappa shape index (κ3) is 4.42. The summed E-state index contributed by atoms with van der Waals surface area (Å²) in [4.78, 5) is 22.6. The molecule has 1 rings (SSSR count). The number of hydrogen-bond acceptors (Lipinski definition) is 3. The Kier molecular flexibility index (Phi) is 5.76. The predicted molar refractivity (Wildman–Crippen MR) is 71.4 cm³/mol. The fraction of sp³-hybridized carbons (Fsp3) is 0.385. The van der Waals surface area contributed by atoms with Crippen LogP contribution in [0.25, 0.3) is 0 Å². The zero-order valence-corrected chi connectivity index (χ0v) is 11.3. The number of rotatable bonds is 6. The van der Waals surface area contributed by atoms with Crippen LogP contribution in [-0.4, -0.2) is 30.3 Å². The van der Waals surface area contributed by atoms with E-state index in [1.54, 1.807) is 6.92 Å². The third-order valence-corrected chi connectivity index (χ3v) is 2.60. The number of benzene rings is 1. The van der Waals surface area contributed by atoms with E-state index in [2.05, 4.69) is 10.6 Å². The van der Waals surface area contributed by atoms with Gasteiger partial charge in [-0.2, -0.15) is 0 Å². The van der Waals surface area contributed by atoms with E-state index in [9.17, 15) is 14.0 Å². The highest BCUT2D eigenvalue weighted by Crippen LogP contribution is 2.20. The number of carboxylic acids is 1. The fourth-order valence-electron chi connectivity index (χ4n) is 1.59. The van der Waals surface area contributed by atoms with Crippen LogP contribution in [0.15, 0.2) is 18.2 Å².